The van der Waals surface area contributed by atoms with Crippen molar-refractivity contribution in [2.75, 3.05) is 26.8 Å². The number of ether oxygens (including phenoxy) is 3. The minimum absolute atomic E-state index is 0.00739. The molecule has 0 bridgehead atoms. The Morgan fingerprint density at radius 3 is 2.45 bits per heavy atom. The van der Waals surface area contributed by atoms with E-state index < -0.39 is 12.1 Å². The molecule has 3 rings (SSSR count). The topological polar surface area (TPSA) is 100.0 Å². The Morgan fingerprint density at radius 1 is 1.16 bits per heavy atom. The minimum atomic E-state index is -0.988. The SMILES string of the molecule is CCOC(=O)C1CCN(C(=O)C(C)OC(=O)c2nn(-c3ccccc3)cc2OC)CC1. The van der Waals surface area contributed by atoms with Crippen molar-refractivity contribution in [3.63, 3.8) is 0 Å². The molecule has 1 aromatic carbocycles. The van der Waals surface area contributed by atoms with Crippen LogP contribution in [0.2, 0.25) is 0 Å². The molecule has 1 aromatic heterocycles. The van der Waals surface area contributed by atoms with E-state index in [1.54, 1.807) is 18.0 Å². The molecule has 1 unspecified atom stereocenters. The summed E-state index contributed by atoms with van der Waals surface area (Å²) in [5.74, 6) is -1.22. The van der Waals surface area contributed by atoms with Gasteiger partial charge in [0.2, 0.25) is 5.69 Å². The van der Waals surface area contributed by atoms with Gasteiger partial charge in [0.1, 0.15) is 0 Å². The second-order valence-corrected chi connectivity index (χ2v) is 7.23. The molecule has 0 radical (unpaired) electrons. The van der Waals surface area contributed by atoms with Crippen molar-refractivity contribution >= 4 is 17.8 Å². The predicted molar refractivity (Wildman–Crippen MR) is 111 cm³/mol. The summed E-state index contributed by atoms with van der Waals surface area (Å²) in [7, 11) is 1.44. The molecule has 1 aliphatic heterocycles. The highest BCUT2D eigenvalue weighted by atomic mass is 16.6. The Labute approximate surface area is 180 Å². The maximum Gasteiger partial charge on any atom is 0.363 e. The number of carbonyl (C=O) groups is 3. The summed E-state index contributed by atoms with van der Waals surface area (Å²) in [5, 5.41) is 4.26. The van der Waals surface area contributed by atoms with E-state index in [1.165, 1.54) is 18.7 Å². The molecule has 1 amide bonds. The normalized spacial score (nSPS) is 15.3. The van der Waals surface area contributed by atoms with Crippen LogP contribution in [0.1, 0.15) is 37.2 Å². The van der Waals surface area contributed by atoms with E-state index in [0.717, 1.165) is 5.69 Å². The first-order valence-electron chi connectivity index (χ1n) is 10.3. The highest BCUT2D eigenvalue weighted by Crippen LogP contribution is 2.22. The summed E-state index contributed by atoms with van der Waals surface area (Å²) in [6.07, 6.45) is 1.65. The summed E-state index contributed by atoms with van der Waals surface area (Å²) in [6.45, 7) is 4.46. The monoisotopic (exact) mass is 429 g/mol. The maximum atomic E-state index is 12.7. The van der Waals surface area contributed by atoms with Crippen LogP contribution >= 0.6 is 0 Å². The van der Waals surface area contributed by atoms with Crippen LogP contribution < -0.4 is 4.74 Å². The Hall–Kier alpha value is -3.36. The quantitative estimate of drug-likeness (QED) is 0.622. The molecule has 1 atom stereocenters. The molecule has 9 heteroatoms. The van der Waals surface area contributed by atoms with Crippen LogP contribution in [0.15, 0.2) is 36.5 Å². The van der Waals surface area contributed by atoms with Crippen LogP contribution in [0.25, 0.3) is 5.69 Å². The largest absolute Gasteiger partial charge is 0.493 e. The zero-order valence-electron chi connectivity index (χ0n) is 17.9. The van der Waals surface area contributed by atoms with E-state index in [2.05, 4.69) is 5.10 Å². The Morgan fingerprint density at radius 2 is 1.84 bits per heavy atom. The predicted octanol–water partition coefficient (Wildman–Crippen LogP) is 2.23. The summed E-state index contributed by atoms with van der Waals surface area (Å²) in [5.41, 5.74) is 0.750. The van der Waals surface area contributed by atoms with Crippen molar-refractivity contribution in [3.05, 3.63) is 42.2 Å². The van der Waals surface area contributed by atoms with Crippen molar-refractivity contribution < 1.29 is 28.6 Å². The number of esters is 2. The van der Waals surface area contributed by atoms with Gasteiger partial charge in [-0.15, -0.1) is 0 Å². The van der Waals surface area contributed by atoms with Crippen molar-refractivity contribution in [1.82, 2.24) is 14.7 Å². The smallest absolute Gasteiger partial charge is 0.363 e. The van der Waals surface area contributed by atoms with Crippen molar-refractivity contribution in [3.8, 4) is 11.4 Å². The van der Waals surface area contributed by atoms with Crippen molar-refractivity contribution in [2.45, 2.75) is 32.8 Å². The lowest BCUT2D eigenvalue weighted by Gasteiger charge is -2.32. The van der Waals surface area contributed by atoms with Crippen LogP contribution in [0, 0.1) is 5.92 Å². The number of hydrogen-bond donors (Lipinski definition) is 0. The van der Waals surface area contributed by atoms with Crippen molar-refractivity contribution in [2.24, 2.45) is 5.92 Å². The molecule has 0 aliphatic carbocycles. The highest BCUT2D eigenvalue weighted by molar-refractivity contribution is 5.93. The lowest BCUT2D eigenvalue weighted by atomic mass is 9.97. The van der Waals surface area contributed by atoms with Gasteiger partial charge in [0.25, 0.3) is 5.91 Å². The average Bonchev–Trinajstić information content (AvgIpc) is 3.24. The van der Waals surface area contributed by atoms with E-state index in [-0.39, 0.29) is 29.2 Å². The number of nitrogens with zero attached hydrogens (tertiary/aromatic N) is 3. The molecule has 31 heavy (non-hydrogen) atoms. The maximum absolute atomic E-state index is 12.7. The minimum Gasteiger partial charge on any atom is -0.493 e. The lowest BCUT2D eigenvalue weighted by molar-refractivity contribution is -0.152. The Bertz CT molecular complexity index is 919. The Balaban J connectivity index is 1.61. The van der Waals surface area contributed by atoms with E-state index in [9.17, 15) is 14.4 Å². The first kappa shape index (κ1) is 22.3. The number of carbonyl (C=O) groups excluding carboxylic acids is 3. The van der Waals surface area contributed by atoms with Crippen LogP contribution in [-0.4, -0.2) is 65.4 Å². The third-order valence-corrected chi connectivity index (χ3v) is 5.17. The second kappa shape index (κ2) is 10.1. The summed E-state index contributed by atoms with van der Waals surface area (Å²) in [6, 6.07) is 9.27. The van der Waals surface area contributed by atoms with Crippen LogP contribution in [0.5, 0.6) is 5.75 Å². The van der Waals surface area contributed by atoms with Crippen LogP contribution in [0.4, 0.5) is 0 Å². The van der Waals surface area contributed by atoms with Crippen LogP contribution in [-0.2, 0) is 19.1 Å². The molecular weight excluding hydrogens is 402 g/mol. The van der Waals surface area contributed by atoms with Gasteiger partial charge in [-0.25, -0.2) is 9.48 Å². The number of methoxy groups -OCH3 is 1. The third-order valence-electron chi connectivity index (χ3n) is 5.17. The van der Waals surface area contributed by atoms with E-state index in [4.69, 9.17) is 14.2 Å². The summed E-state index contributed by atoms with van der Waals surface area (Å²) >= 11 is 0. The summed E-state index contributed by atoms with van der Waals surface area (Å²) in [4.78, 5) is 38.9. The number of rotatable bonds is 7. The molecule has 166 valence electrons. The number of likely N-dealkylation sites (tertiary alicyclic amines) is 1. The van der Waals surface area contributed by atoms with Gasteiger partial charge in [-0.05, 0) is 38.8 Å². The average molecular weight is 429 g/mol. The number of para-hydroxylation sites is 1. The van der Waals surface area contributed by atoms with E-state index >= 15 is 0 Å². The molecule has 2 heterocycles. The molecule has 0 N–H and O–H groups in total. The first-order chi connectivity index (χ1) is 14.9. The number of aromatic nitrogens is 2. The van der Waals surface area contributed by atoms with Gasteiger partial charge in [0, 0.05) is 13.1 Å². The third kappa shape index (κ3) is 5.22. The van der Waals surface area contributed by atoms with Gasteiger partial charge in [0.05, 0.1) is 31.5 Å². The highest BCUT2D eigenvalue weighted by Gasteiger charge is 2.32. The fourth-order valence-corrected chi connectivity index (χ4v) is 3.48. The number of amides is 1. The molecule has 2 aromatic rings. The molecule has 9 nitrogen and oxygen atoms in total. The standard InChI is InChI=1S/C22H27N3O6/c1-4-30-21(27)16-10-12-24(13-11-16)20(26)15(2)31-22(28)19-18(29-3)14-25(23-19)17-8-6-5-7-9-17/h5-9,14-16H,4,10-13H2,1-3H3. The van der Waals surface area contributed by atoms with Gasteiger partial charge in [-0.1, -0.05) is 18.2 Å². The first-order valence-corrected chi connectivity index (χ1v) is 10.3. The van der Waals surface area contributed by atoms with Gasteiger partial charge >= 0.3 is 11.9 Å². The number of hydrogen-bond acceptors (Lipinski definition) is 7. The van der Waals surface area contributed by atoms with Crippen LogP contribution in [0.3, 0.4) is 0 Å². The summed E-state index contributed by atoms with van der Waals surface area (Å²) < 4.78 is 17.2. The van der Waals surface area contributed by atoms with Gasteiger partial charge < -0.3 is 19.1 Å². The zero-order valence-corrected chi connectivity index (χ0v) is 17.9. The van der Waals surface area contributed by atoms with Gasteiger partial charge in [-0.3, -0.25) is 9.59 Å². The fraction of sp³-hybridized carbons (Fsp3) is 0.455. The number of benzene rings is 1. The molecule has 1 saturated heterocycles. The molecule has 1 aliphatic rings. The van der Waals surface area contributed by atoms with Crippen molar-refractivity contribution in [1.29, 1.82) is 0 Å². The fourth-order valence-electron chi connectivity index (χ4n) is 3.48. The molecule has 0 saturated carbocycles. The second-order valence-electron chi connectivity index (χ2n) is 7.23. The Kier molecular flexibility index (Phi) is 7.28. The van der Waals surface area contributed by atoms with E-state index in [0.29, 0.717) is 32.5 Å². The van der Waals surface area contributed by atoms with Gasteiger partial charge in [0.15, 0.2) is 11.9 Å². The molecular formula is C22H27N3O6. The molecule has 1 fully saturated rings. The lowest BCUT2D eigenvalue weighted by Crippen LogP contribution is -2.45. The number of piperidine rings is 1. The van der Waals surface area contributed by atoms with Gasteiger partial charge in [-0.2, -0.15) is 5.10 Å². The zero-order chi connectivity index (χ0) is 22.4. The molecule has 0 spiro atoms. The van der Waals surface area contributed by atoms with E-state index in [1.807, 2.05) is 30.3 Å².